The van der Waals surface area contributed by atoms with Gasteiger partial charge in [0.15, 0.2) is 11.3 Å². The Labute approximate surface area is 274 Å². The summed E-state index contributed by atoms with van der Waals surface area (Å²) < 4.78 is 16.6. The van der Waals surface area contributed by atoms with Gasteiger partial charge in [-0.15, -0.1) is 5.10 Å². The minimum atomic E-state index is -0.388. The molecule has 10 nitrogen and oxygen atoms in total. The predicted octanol–water partition coefficient (Wildman–Crippen LogP) is 6.02. The van der Waals surface area contributed by atoms with E-state index in [9.17, 15) is 14.4 Å². The highest BCUT2D eigenvalue weighted by molar-refractivity contribution is 6.44. The van der Waals surface area contributed by atoms with Crippen molar-refractivity contribution in [3.05, 3.63) is 65.0 Å². The van der Waals surface area contributed by atoms with Crippen molar-refractivity contribution in [3.63, 3.8) is 0 Å². The van der Waals surface area contributed by atoms with E-state index in [1.54, 1.807) is 29.3 Å². The van der Waals surface area contributed by atoms with Crippen LogP contribution in [0.5, 0.6) is 0 Å². The van der Waals surface area contributed by atoms with Crippen LogP contribution in [0.1, 0.15) is 25.3 Å². The Bertz CT molecular complexity index is 2090. The fourth-order valence-corrected chi connectivity index (χ4v) is 7.43. The Hall–Kier alpha value is -4.37. The van der Waals surface area contributed by atoms with Gasteiger partial charge in [0.2, 0.25) is 5.91 Å². The average molecular weight is 659 g/mol. The average Bonchev–Trinajstić information content (AvgIpc) is 3.47. The number of anilines is 1. The Morgan fingerprint density at radius 1 is 1.20 bits per heavy atom. The Balaban J connectivity index is 1.43. The third-order valence-electron chi connectivity index (χ3n) is 9.27. The van der Waals surface area contributed by atoms with Crippen molar-refractivity contribution in [2.75, 3.05) is 38.6 Å². The minimum absolute atomic E-state index is 0.149. The van der Waals surface area contributed by atoms with Crippen molar-refractivity contribution >= 4 is 67.8 Å². The molecule has 0 radical (unpaired) electrons. The second-order valence-electron chi connectivity index (χ2n) is 12.1. The zero-order valence-electron chi connectivity index (χ0n) is 25.3. The van der Waals surface area contributed by atoms with E-state index in [-0.39, 0.29) is 30.2 Å². The van der Waals surface area contributed by atoms with Gasteiger partial charge in [-0.1, -0.05) is 35.0 Å². The number of rotatable bonds is 6. The first kappa shape index (κ1) is 30.3. The molecular formula is C33H30Cl2FN9O. The number of nitriles is 1. The molecule has 3 aromatic heterocycles. The van der Waals surface area contributed by atoms with Gasteiger partial charge in [0, 0.05) is 59.8 Å². The van der Waals surface area contributed by atoms with Crippen LogP contribution < -0.4 is 4.90 Å². The largest absolute Gasteiger partial charge is 0.351 e. The highest BCUT2D eigenvalue weighted by Gasteiger charge is 2.36. The van der Waals surface area contributed by atoms with Crippen molar-refractivity contribution < 1.29 is 9.18 Å². The van der Waals surface area contributed by atoms with Crippen LogP contribution >= 0.6 is 23.2 Å². The number of aromatic nitrogens is 5. The molecule has 2 atom stereocenters. The number of carbonyl (C=O) groups excluding carboxylic acids is 1. The van der Waals surface area contributed by atoms with Crippen LogP contribution in [-0.4, -0.2) is 86.5 Å². The Morgan fingerprint density at radius 2 is 2.00 bits per heavy atom. The van der Waals surface area contributed by atoms with E-state index in [1.165, 1.54) is 12.1 Å². The van der Waals surface area contributed by atoms with Gasteiger partial charge in [0.05, 0.1) is 39.6 Å². The number of amides is 1. The molecule has 0 saturated carbocycles. The quantitative estimate of drug-likeness (QED) is 0.204. The Kier molecular flexibility index (Phi) is 7.75. The number of halogens is 3. The summed E-state index contributed by atoms with van der Waals surface area (Å²) in [4.78, 5) is 28.2. The van der Waals surface area contributed by atoms with Crippen molar-refractivity contribution in [2.24, 2.45) is 0 Å². The third kappa shape index (κ3) is 4.83. The van der Waals surface area contributed by atoms with Gasteiger partial charge in [-0.05, 0) is 63.3 Å². The predicted molar refractivity (Wildman–Crippen MR) is 177 cm³/mol. The number of piperidine rings is 1. The number of pyridine rings is 2. The monoisotopic (exact) mass is 657 g/mol. The van der Waals surface area contributed by atoms with E-state index >= 15 is 0 Å². The molecule has 234 valence electrons. The summed E-state index contributed by atoms with van der Waals surface area (Å²) in [5.41, 5.74) is 3.42. The van der Waals surface area contributed by atoms with Crippen molar-refractivity contribution in [2.45, 2.75) is 37.4 Å². The van der Waals surface area contributed by atoms with E-state index in [4.69, 9.17) is 28.2 Å². The highest BCUT2D eigenvalue weighted by Crippen LogP contribution is 2.46. The summed E-state index contributed by atoms with van der Waals surface area (Å²) in [6, 6.07) is 10.3. The number of fused-ring (bicyclic) bond motifs is 4. The van der Waals surface area contributed by atoms with Crippen LogP contribution in [0.3, 0.4) is 0 Å². The van der Waals surface area contributed by atoms with Gasteiger partial charge in [-0.3, -0.25) is 9.78 Å². The molecule has 2 aliphatic heterocycles. The van der Waals surface area contributed by atoms with Crippen LogP contribution in [0, 0.1) is 17.1 Å². The molecule has 13 heteroatoms. The van der Waals surface area contributed by atoms with Gasteiger partial charge >= 0.3 is 0 Å². The zero-order valence-corrected chi connectivity index (χ0v) is 26.8. The van der Waals surface area contributed by atoms with Gasteiger partial charge in [-0.25, -0.2) is 14.1 Å². The number of nitrogens with zero attached hydrogens (tertiary/aromatic N) is 9. The molecule has 2 aromatic carbocycles. The van der Waals surface area contributed by atoms with Gasteiger partial charge in [0.25, 0.3) is 0 Å². The molecule has 0 N–H and O–H groups in total. The van der Waals surface area contributed by atoms with E-state index < -0.39 is 0 Å². The lowest BCUT2D eigenvalue weighted by molar-refractivity contribution is -0.130. The van der Waals surface area contributed by atoms with Gasteiger partial charge < -0.3 is 14.7 Å². The first-order valence-corrected chi connectivity index (χ1v) is 15.8. The lowest BCUT2D eigenvalue weighted by Crippen LogP contribution is -2.57. The van der Waals surface area contributed by atoms with Crippen molar-refractivity contribution in [1.29, 1.82) is 5.26 Å². The third-order valence-corrected chi connectivity index (χ3v) is 9.93. The number of likely N-dealkylation sites (tertiary alicyclic amines) is 1. The van der Waals surface area contributed by atoms with Crippen LogP contribution in [-0.2, 0) is 4.79 Å². The summed E-state index contributed by atoms with van der Waals surface area (Å²) in [6.45, 7) is 5.59. The number of likely N-dealkylation sites (N-methyl/N-ethyl adjacent to an activating group) is 1. The lowest BCUT2D eigenvalue weighted by atomic mass is 9.94. The number of benzene rings is 2. The molecule has 0 bridgehead atoms. The first-order valence-electron chi connectivity index (χ1n) is 15.0. The number of hydrogen-bond donors (Lipinski definition) is 0. The van der Waals surface area contributed by atoms with Crippen LogP contribution in [0.2, 0.25) is 10.0 Å². The van der Waals surface area contributed by atoms with Crippen molar-refractivity contribution in [1.82, 2.24) is 34.8 Å². The second kappa shape index (κ2) is 11.8. The summed E-state index contributed by atoms with van der Waals surface area (Å²) in [5.74, 6) is 0.0823. The maximum absolute atomic E-state index is 14.7. The molecule has 46 heavy (non-hydrogen) atoms. The van der Waals surface area contributed by atoms with Crippen LogP contribution in [0.4, 0.5) is 10.2 Å². The summed E-state index contributed by atoms with van der Waals surface area (Å²) in [7, 11) is 4.10. The smallest absolute Gasteiger partial charge is 0.246 e. The Morgan fingerprint density at radius 3 is 2.74 bits per heavy atom. The standard InChI is InChI=1S/C33H30Cl2FN9O/c1-4-26(46)44-13-10-19(14-18(44)9-11-37)45-32-23-15-24(34)27(22-7-8-25(36)21-6-5-12-38-29(21)22)28(35)30(23)39-33(31(32)40-41-45)43-16-20(17-43)42(2)3/h4-8,12,15,18-20H,1,9-10,13-14,16-17H2,2-3H3/t18-,19+/m1/s1. The fourth-order valence-electron chi connectivity index (χ4n) is 6.73. The second-order valence-corrected chi connectivity index (χ2v) is 12.8. The number of carbonyl (C=O) groups is 1. The van der Waals surface area contributed by atoms with Crippen LogP contribution in [0.25, 0.3) is 44.0 Å². The fraction of sp³-hybridized carbons (Fsp3) is 0.333. The maximum atomic E-state index is 14.7. The zero-order chi connectivity index (χ0) is 32.3. The minimum Gasteiger partial charge on any atom is -0.351 e. The van der Waals surface area contributed by atoms with E-state index in [0.29, 0.717) is 79.7 Å². The highest BCUT2D eigenvalue weighted by atomic mass is 35.5. The van der Waals surface area contributed by atoms with E-state index in [2.05, 4.69) is 51.8 Å². The normalized spacial score (nSPS) is 18.8. The number of hydrogen-bond acceptors (Lipinski definition) is 8. The molecule has 0 unspecified atom stereocenters. The summed E-state index contributed by atoms with van der Waals surface area (Å²) >= 11 is 14.3. The van der Waals surface area contributed by atoms with E-state index in [1.807, 2.05) is 10.7 Å². The molecule has 2 saturated heterocycles. The maximum Gasteiger partial charge on any atom is 0.246 e. The molecule has 2 aliphatic rings. The SMILES string of the molecule is C=CC(=O)N1CC[C@H](n2nnc3c(N4CC(N(C)C)C4)nc4c(Cl)c(-c5ccc(F)c6cccnc56)c(Cl)cc4c32)C[C@H]1CC#N. The molecule has 0 spiro atoms. The van der Waals surface area contributed by atoms with Gasteiger partial charge in [0.1, 0.15) is 11.3 Å². The molecule has 2 fully saturated rings. The molecule has 5 heterocycles. The summed E-state index contributed by atoms with van der Waals surface area (Å²) in [6.07, 6.45) is 4.21. The van der Waals surface area contributed by atoms with Crippen molar-refractivity contribution in [3.8, 4) is 17.2 Å². The molecule has 0 aliphatic carbocycles. The first-order chi connectivity index (χ1) is 22.2. The molecule has 1 amide bonds. The summed E-state index contributed by atoms with van der Waals surface area (Å²) in [5, 5.41) is 20.5. The topological polar surface area (TPSA) is 107 Å². The van der Waals surface area contributed by atoms with Crippen LogP contribution in [0.15, 0.2) is 49.2 Å². The molecular weight excluding hydrogens is 628 g/mol. The lowest BCUT2D eigenvalue weighted by Gasteiger charge is -2.43. The van der Waals surface area contributed by atoms with Gasteiger partial charge in [-0.2, -0.15) is 5.26 Å². The molecule has 7 rings (SSSR count). The molecule has 5 aromatic rings. The van der Waals surface area contributed by atoms with E-state index in [0.717, 1.165) is 18.6 Å².